The SMILES string of the molecule is COc1ccc([Si](C)(C)[C@H]2[C@H](CCn3cc(C(CO)c4ccccc4)nn3)O[C@@]3(C(=O)N(Cc4cccc(N5CCC5=O)c4)c4ccc([N+](=O)[O-])cc43)[C@@H]2C)cc1. The number of aliphatic hydroxyl groups is 1. The summed E-state index contributed by atoms with van der Waals surface area (Å²) in [5.74, 6) is -0.170. The van der Waals surface area contributed by atoms with E-state index in [0.29, 0.717) is 42.9 Å². The highest BCUT2D eigenvalue weighted by molar-refractivity contribution is 6.91. The van der Waals surface area contributed by atoms with Gasteiger partial charge in [-0.15, -0.1) is 5.10 Å². The molecule has 0 saturated carbocycles. The summed E-state index contributed by atoms with van der Waals surface area (Å²) in [6.45, 7) is 7.79. The lowest BCUT2D eigenvalue weighted by Crippen LogP contribution is -2.51. The van der Waals surface area contributed by atoms with Gasteiger partial charge in [0.15, 0.2) is 5.60 Å². The number of amides is 2. The Morgan fingerprint density at radius 2 is 1.81 bits per heavy atom. The van der Waals surface area contributed by atoms with Crippen molar-refractivity contribution >= 4 is 42.1 Å². The highest BCUT2D eigenvalue weighted by Crippen LogP contribution is 2.60. The van der Waals surface area contributed by atoms with Gasteiger partial charge in [0.25, 0.3) is 11.6 Å². The first kappa shape index (κ1) is 38.2. The van der Waals surface area contributed by atoms with Crippen LogP contribution in [0.4, 0.5) is 17.1 Å². The second-order valence-electron chi connectivity index (χ2n) is 15.8. The number of hydrogen-bond acceptors (Lipinski definition) is 9. The summed E-state index contributed by atoms with van der Waals surface area (Å²) in [4.78, 5) is 42.8. The number of nitro benzene ring substituents is 1. The number of aromatic nitrogens is 3. The van der Waals surface area contributed by atoms with E-state index in [-0.39, 0.29) is 48.0 Å². The molecule has 2 amide bonds. The summed E-state index contributed by atoms with van der Waals surface area (Å²) in [7, 11) is -0.874. The predicted octanol–water partition coefficient (Wildman–Crippen LogP) is 5.91. The molecule has 8 rings (SSSR count). The largest absolute Gasteiger partial charge is 0.497 e. The molecule has 294 valence electrons. The molecular weight excluding hydrogens is 741 g/mol. The van der Waals surface area contributed by atoms with Crippen molar-refractivity contribution in [2.24, 2.45) is 5.92 Å². The van der Waals surface area contributed by atoms with Crippen LogP contribution in [0.15, 0.2) is 103 Å². The Labute approximate surface area is 332 Å². The molecule has 14 heteroatoms. The van der Waals surface area contributed by atoms with Gasteiger partial charge in [-0.2, -0.15) is 0 Å². The van der Waals surface area contributed by atoms with Crippen LogP contribution in [0.5, 0.6) is 5.75 Å². The van der Waals surface area contributed by atoms with Gasteiger partial charge >= 0.3 is 0 Å². The van der Waals surface area contributed by atoms with Crippen LogP contribution in [0.2, 0.25) is 18.6 Å². The van der Waals surface area contributed by atoms with Gasteiger partial charge in [0.1, 0.15) is 5.75 Å². The van der Waals surface area contributed by atoms with E-state index in [2.05, 4.69) is 42.5 Å². The molecule has 1 N–H and O–H groups in total. The Kier molecular flexibility index (Phi) is 10.0. The standard InChI is InChI=1S/C43H46N6O7Si/c1-28-41(57(3,4)34-16-14-33(55-2)15-17-34)39(19-21-46-26-37(44-45-46)35(27-50)30-10-6-5-7-11-30)56-43(28)36-24-32(49(53)54)13-18-38(36)48(42(43)52)25-29-9-8-12-31(23-29)47-22-20-40(47)51/h5-18,23-24,26,28,35,39,41,50H,19-22,25,27H2,1-4H3/t28-,35?,39+,41-,43+/m1/s1. The highest BCUT2D eigenvalue weighted by atomic mass is 28.3. The van der Waals surface area contributed by atoms with Crippen molar-refractivity contribution in [1.29, 1.82) is 0 Å². The molecule has 2 saturated heterocycles. The summed E-state index contributed by atoms with van der Waals surface area (Å²) in [5, 5.41) is 32.6. The number of methoxy groups -OCH3 is 1. The summed E-state index contributed by atoms with van der Waals surface area (Å²) in [5.41, 5.74) is 2.53. The molecule has 2 fully saturated rings. The molecule has 5 atom stereocenters. The number of carbonyl (C=O) groups excluding carboxylic acids is 2. The molecule has 0 radical (unpaired) electrons. The molecule has 1 spiro atoms. The molecule has 4 heterocycles. The topological polar surface area (TPSA) is 153 Å². The number of non-ortho nitro benzene ring substituents is 1. The average Bonchev–Trinajstić information content (AvgIpc) is 3.87. The minimum absolute atomic E-state index is 0.0569. The molecule has 3 aliphatic heterocycles. The van der Waals surface area contributed by atoms with E-state index in [0.717, 1.165) is 22.6 Å². The van der Waals surface area contributed by atoms with Gasteiger partial charge in [0.05, 0.1) is 56.7 Å². The van der Waals surface area contributed by atoms with Crippen LogP contribution in [0, 0.1) is 16.0 Å². The summed E-state index contributed by atoms with van der Waals surface area (Å²) in [6.07, 6.45) is 2.42. The molecule has 1 aromatic heterocycles. The molecule has 3 aliphatic rings. The number of β-lactam (4-membered cyclic amide) rings is 1. The first-order valence-electron chi connectivity index (χ1n) is 19.3. The monoisotopic (exact) mass is 786 g/mol. The van der Waals surface area contributed by atoms with Crippen molar-refractivity contribution in [3.05, 3.63) is 136 Å². The number of nitrogens with zero attached hydrogens (tertiary/aromatic N) is 6. The van der Waals surface area contributed by atoms with Crippen LogP contribution >= 0.6 is 0 Å². The van der Waals surface area contributed by atoms with E-state index >= 15 is 4.79 Å². The normalized spacial score (nSPS) is 22.2. The van der Waals surface area contributed by atoms with Gasteiger partial charge in [-0.25, -0.2) is 0 Å². The Balaban J connectivity index is 1.17. The van der Waals surface area contributed by atoms with E-state index in [1.807, 2.05) is 72.9 Å². The van der Waals surface area contributed by atoms with Crippen LogP contribution in [0.3, 0.4) is 0 Å². The van der Waals surface area contributed by atoms with E-state index < -0.39 is 24.7 Å². The number of hydrogen-bond donors (Lipinski definition) is 1. The maximum Gasteiger partial charge on any atom is 0.269 e. The third kappa shape index (κ3) is 6.60. The number of aliphatic hydroxyl groups excluding tert-OH is 1. The van der Waals surface area contributed by atoms with Crippen LogP contribution < -0.4 is 19.7 Å². The van der Waals surface area contributed by atoms with Crippen molar-refractivity contribution in [2.45, 2.75) is 69.1 Å². The van der Waals surface area contributed by atoms with Crippen molar-refractivity contribution in [3.63, 3.8) is 0 Å². The number of ether oxygens (including phenoxy) is 2. The first-order chi connectivity index (χ1) is 27.5. The zero-order valence-corrected chi connectivity index (χ0v) is 33.4. The fourth-order valence-electron chi connectivity index (χ4n) is 9.33. The maximum atomic E-state index is 15.3. The van der Waals surface area contributed by atoms with Gasteiger partial charge in [0, 0.05) is 55.0 Å². The molecule has 57 heavy (non-hydrogen) atoms. The minimum Gasteiger partial charge on any atom is -0.497 e. The lowest BCUT2D eigenvalue weighted by Gasteiger charge is -2.37. The number of rotatable bonds is 13. The van der Waals surface area contributed by atoms with Crippen molar-refractivity contribution in [3.8, 4) is 5.75 Å². The minimum atomic E-state index is -2.51. The molecule has 0 aliphatic carbocycles. The average molecular weight is 787 g/mol. The summed E-state index contributed by atoms with van der Waals surface area (Å²) >= 11 is 0. The van der Waals surface area contributed by atoms with E-state index in [1.54, 1.807) is 27.7 Å². The fraction of sp³-hybridized carbons (Fsp3) is 0.349. The summed E-state index contributed by atoms with van der Waals surface area (Å²) < 4.78 is 14.5. The number of nitro groups is 1. The van der Waals surface area contributed by atoms with Crippen molar-refractivity contribution in [1.82, 2.24) is 15.0 Å². The van der Waals surface area contributed by atoms with Crippen LogP contribution in [-0.2, 0) is 33.0 Å². The number of fused-ring (bicyclic) bond motifs is 2. The number of anilines is 2. The number of benzene rings is 4. The van der Waals surface area contributed by atoms with E-state index in [1.165, 1.54) is 17.3 Å². The van der Waals surface area contributed by atoms with Crippen LogP contribution in [0.1, 0.15) is 48.1 Å². The quantitative estimate of drug-likeness (QED) is 0.0665. The third-order valence-corrected chi connectivity index (χ3v) is 16.7. The molecule has 13 nitrogen and oxygen atoms in total. The van der Waals surface area contributed by atoms with Gasteiger partial charge in [0.2, 0.25) is 5.91 Å². The van der Waals surface area contributed by atoms with Gasteiger partial charge in [-0.1, -0.05) is 85.0 Å². The highest BCUT2D eigenvalue weighted by Gasteiger charge is 2.66. The first-order valence-corrected chi connectivity index (χ1v) is 22.4. The van der Waals surface area contributed by atoms with E-state index in [9.17, 15) is 20.0 Å². The molecular formula is C43H46N6O7Si. The van der Waals surface area contributed by atoms with Gasteiger partial charge in [-0.3, -0.25) is 24.4 Å². The maximum absolute atomic E-state index is 15.3. The smallest absolute Gasteiger partial charge is 0.269 e. The second-order valence-corrected chi connectivity index (χ2v) is 20.5. The molecule has 4 aromatic carbocycles. The number of carbonyl (C=O) groups is 2. The fourth-order valence-corrected chi connectivity index (χ4v) is 13.4. The third-order valence-electron chi connectivity index (χ3n) is 12.4. The van der Waals surface area contributed by atoms with Crippen LogP contribution in [0.25, 0.3) is 0 Å². The Bertz CT molecular complexity index is 2320. The molecule has 1 unspecified atom stereocenters. The zero-order valence-electron chi connectivity index (χ0n) is 32.4. The Hall–Kier alpha value is -5.70. The van der Waals surface area contributed by atoms with Crippen molar-refractivity contribution < 1.29 is 29.1 Å². The Morgan fingerprint density at radius 1 is 1.04 bits per heavy atom. The lowest BCUT2D eigenvalue weighted by molar-refractivity contribution is -0.385. The zero-order chi connectivity index (χ0) is 40.1. The van der Waals surface area contributed by atoms with Crippen LogP contribution in [-0.4, -0.2) is 71.3 Å². The van der Waals surface area contributed by atoms with Gasteiger partial charge < -0.3 is 24.4 Å². The number of aryl methyl sites for hydroxylation is 1. The molecule has 5 aromatic rings. The lowest BCUT2D eigenvalue weighted by atomic mass is 9.82. The van der Waals surface area contributed by atoms with E-state index in [4.69, 9.17) is 9.47 Å². The second kappa shape index (κ2) is 15.0. The summed E-state index contributed by atoms with van der Waals surface area (Å²) in [6, 6.07) is 30.0. The molecule has 0 bridgehead atoms. The van der Waals surface area contributed by atoms with Crippen molar-refractivity contribution in [2.75, 3.05) is 30.1 Å². The predicted molar refractivity (Wildman–Crippen MR) is 217 cm³/mol. The Morgan fingerprint density at radius 3 is 2.47 bits per heavy atom. The van der Waals surface area contributed by atoms with Gasteiger partial charge in [-0.05, 0) is 53.4 Å².